The van der Waals surface area contributed by atoms with Gasteiger partial charge in [-0.25, -0.2) is 0 Å². The summed E-state index contributed by atoms with van der Waals surface area (Å²) in [6.07, 6.45) is 10.6. The number of rotatable bonds is 1. The summed E-state index contributed by atoms with van der Waals surface area (Å²) in [6.45, 7) is 0. The molecule has 5 nitrogen and oxygen atoms in total. The molecule has 0 bridgehead atoms. The Morgan fingerprint density at radius 1 is 1.09 bits per heavy atom. The largest absolute Gasteiger partial charge is 0.472 e. The Hall–Kier alpha value is -1.30. The van der Waals surface area contributed by atoms with Gasteiger partial charge in [0.1, 0.15) is 6.10 Å². The number of likely N-dealkylation sites (N-methyl/N-ethyl adjacent to an activating group) is 1. The van der Waals surface area contributed by atoms with Crippen LogP contribution >= 0.6 is 12.2 Å². The van der Waals surface area contributed by atoms with Gasteiger partial charge in [0, 0.05) is 13.1 Å². The fraction of sp³-hybridized carbons (Fsp3) is 0.765. The number of nitrogens with zero attached hydrogens (tertiary/aromatic N) is 2. The summed E-state index contributed by atoms with van der Waals surface area (Å²) in [6, 6.07) is 0.654. The van der Waals surface area contributed by atoms with Crippen molar-refractivity contribution >= 4 is 23.2 Å². The lowest BCUT2D eigenvalue weighted by molar-refractivity contribution is -0.124. The van der Waals surface area contributed by atoms with E-state index in [1.54, 1.807) is 4.90 Å². The van der Waals surface area contributed by atoms with Crippen LogP contribution in [0.4, 0.5) is 0 Å². The van der Waals surface area contributed by atoms with Crippen LogP contribution in [0.5, 0.6) is 0 Å². The Labute approximate surface area is 143 Å². The minimum absolute atomic E-state index is 0.00222. The molecule has 4 rings (SSSR count). The molecule has 2 saturated carbocycles. The average molecular weight is 335 g/mol. The minimum atomic E-state index is 0.00222. The average Bonchev–Trinajstić information content (AvgIpc) is 3.05. The molecule has 126 valence electrons. The summed E-state index contributed by atoms with van der Waals surface area (Å²) in [5.41, 5.74) is 0.553. The Balaban J connectivity index is 1.59. The van der Waals surface area contributed by atoms with E-state index in [1.165, 1.54) is 32.1 Å². The molecular weight excluding hydrogens is 310 g/mol. The van der Waals surface area contributed by atoms with Crippen molar-refractivity contribution in [3.05, 3.63) is 11.6 Å². The first kappa shape index (κ1) is 15.2. The summed E-state index contributed by atoms with van der Waals surface area (Å²) in [5.74, 6) is 0.704. The summed E-state index contributed by atoms with van der Waals surface area (Å²) >= 11 is 5.46. The summed E-state index contributed by atoms with van der Waals surface area (Å²) < 4.78 is 6.15. The maximum Gasteiger partial charge on any atom is 0.282 e. The number of hydrogen-bond acceptors (Lipinski definition) is 4. The van der Waals surface area contributed by atoms with Crippen molar-refractivity contribution in [1.29, 1.82) is 0 Å². The van der Waals surface area contributed by atoms with Crippen molar-refractivity contribution in [1.82, 2.24) is 15.1 Å². The molecule has 1 N–H and O–H groups in total. The van der Waals surface area contributed by atoms with Gasteiger partial charge in [0.15, 0.2) is 10.8 Å². The minimum Gasteiger partial charge on any atom is -0.472 e. The number of ether oxygens (including phenoxy) is 1. The number of fused-ring (bicyclic) bond motifs is 1. The quantitative estimate of drug-likeness (QED) is 0.589. The second-order valence-electron chi connectivity index (χ2n) is 7.20. The predicted octanol–water partition coefficient (Wildman–Crippen LogP) is 2.48. The third kappa shape index (κ3) is 2.51. The Morgan fingerprint density at radius 3 is 2.52 bits per heavy atom. The van der Waals surface area contributed by atoms with Gasteiger partial charge in [-0.2, -0.15) is 0 Å². The zero-order valence-electron chi connectivity index (χ0n) is 13.7. The van der Waals surface area contributed by atoms with Crippen molar-refractivity contribution in [2.45, 2.75) is 76.0 Å². The molecule has 0 aromatic heterocycles. The van der Waals surface area contributed by atoms with Gasteiger partial charge in [-0.15, -0.1) is 0 Å². The zero-order valence-corrected chi connectivity index (χ0v) is 14.5. The molecule has 0 radical (unpaired) electrons. The molecule has 2 unspecified atom stereocenters. The van der Waals surface area contributed by atoms with Crippen molar-refractivity contribution in [2.75, 3.05) is 7.05 Å². The van der Waals surface area contributed by atoms with Gasteiger partial charge in [0.2, 0.25) is 5.88 Å². The van der Waals surface area contributed by atoms with Crippen LogP contribution in [0.2, 0.25) is 0 Å². The lowest BCUT2D eigenvalue weighted by Crippen LogP contribution is -2.41. The Bertz CT molecular complexity index is 556. The van der Waals surface area contributed by atoms with E-state index in [0.29, 0.717) is 22.7 Å². The lowest BCUT2D eigenvalue weighted by atomic mass is 9.93. The molecule has 4 fully saturated rings. The maximum atomic E-state index is 13.0. The first-order valence-corrected chi connectivity index (χ1v) is 9.36. The smallest absolute Gasteiger partial charge is 0.282 e. The molecule has 2 heterocycles. The van der Waals surface area contributed by atoms with Crippen LogP contribution in [0.15, 0.2) is 11.6 Å². The van der Waals surface area contributed by atoms with Gasteiger partial charge in [-0.3, -0.25) is 9.69 Å². The molecule has 0 aromatic rings. The Morgan fingerprint density at radius 2 is 1.78 bits per heavy atom. The molecule has 0 spiro atoms. The van der Waals surface area contributed by atoms with Gasteiger partial charge in [0.05, 0.1) is 6.04 Å². The highest BCUT2D eigenvalue weighted by Gasteiger charge is 2.45. The van der Waals surface area contributed by atoms with Crippen LogP contribution < -0.4 is 5.32 Å². The van der Waals surface area contributed by atoms with Crippen LogP contribution in [0.3, 0.4) is 0 Å². The van der Waals surface area contributed by atoms with E-state index in [0.717, 1.165) is 25.7 Å². The molecule has 2 saturated heterocycles. The van der Waals surface area contributed by atoms with E-state index >= 15 is 0 Å². The number of thiocarbonyl (C=S) groups is 1. The molecule has 23 heavy (non-hydrogen) atoms. The Kier molecular flexibility index (Phi) is 3.95. The van der Waals surface area contributed by atoms with E-state index in [4.69, 9.17) is 17.0 Å². The number of hydrogen-bond donors (Lipinski definition) is 1. The number of amides is 1. The van der Waals surface area contributed by atoms with E-state index < -0.39 is 0 Å². The van der Waals surface area contributed by atoms with Crippen molar-refractivity contribution in [3.63, 3.8) is 0 Å². The normalized spacial score (nSPS) is 35.3. The summed E-state index contributed by atoms with van der Waals surface area (Å²) in [5, 5.41) is 3.71. The van der Waals surface area contributed by atoms with Crippen molar-refractivity contribution in [3.8, 4) is 0 Å². The lowest BCUT2D eigenvalue weighted by Gasteiger charge is -2.29. The van der Waals surface area contributed by atoms with Crippen LogP contribution in [0, 0.1) is 0 Å². The standard InChI is InChI=1S/C17H25N3O2S/c1-19-12-9-5-6-10-13(12)22-16(19)14-15(21)20(17(23)18-14)11-7-3-2-4-8-11/h11-13H,2-10H2,1H3,(H,18,23)/b16-14-. The fourth-order valence-corrected chi connectivity index (χ4v) is 4.85. The molecule has 1 amide bonds. The second kappa shape index (κ2) is 5.96. The molecule has 2 aliphatic heterocycles. The summed E-state index contributed by atoms with van der Waals surface area (Å²) in [7, 11) is 2.04. The van der Waals surface area contributed by atoms with E-state index in [1.807, 2.05) is 7.05 Å². The third-order valence-electron chi connectivity index (χ3n) is 5.79. The highest BCUT2D eigenvalue weighted by atomic mass is 32.1. The topological polar surface area (TPSA) is 44.8 Å². The van der Waals surface area contributed by atoms with Gasteiger partial charge in [-0.05, 0) is 44.3 Å². The van der Waals surface area contributed by atoms with E-state index in [-0.39, 0.29) is 18.1 Å². The number of carbonyl (C=O) groups excluding carboxylic acids is 1. The first-order valence-electron chi connectivity index (χ1n) is 8.95. The molecule has 4 aliphatic rings. The van der Waals surface area contributed by atoms with Gasteiger partial charge < -0.3 is 15.0 Å². The van der Waals surface area contributed by atoms with Crippen LogP contribution in [-0.4, -0.2) is 46.1 Å². The second-order valence-corrected chi connectivity index (χ2v) is 7.58. The van der Waals surface area contributed by atoms with E-state index in [9.17, 15) is 4.79 Å². The molecule has 2 aliphatic carbocycles. The third-order valence-corrected chi connectivity index (χ3v) is 6.08. The monoisotopic (exact) mass is 335 g/mol. The summed E-state index contributed by atoms with van der Waals surface area (Å²) in [4.78, 5) is 16.9. The highest BCUT2D eigenvalue weighted by Crippen LogP contribution is 2.37. The first-order chi connectivity index (χ1) is 11.2. The molecule has 0 aromatic carbocycles. The highest BCUT2D eigenvalue weighted by molar-refractivity contribution is 7.80. The SMILES string of the molecule is CN1/C(=C2/NC(=S)N(C3CCCCC3)C2=O)OC2CCCCC21. The molecule has 2 atom stereocenters. The van der Waals surface area contributed by atoms with Gasteiger partial charge in [0.25, 0.3) is 5.91 Å². The molecular formula is C17H25N3O2S. The van der Waals surface area contributed by atoms with Crippen molar-refractivity contribution in [2.24, 2.45) is 0 Å². The van der Waals surface area contributed by atoms with Gasteiger partial charge in [-0.1, -0.05) is 25.7 Å². The maximum absolute atomic E-state index is 13.0. The van der Waals surface area contributed by atoms with E-state index in [2.05, 4.69) is 10.2 Å². The zero-order chi connectivity index (χ0) is 16.0. The molecule has 6 heteroatoms. The van der Waals surface area contributed by atoms with Crippen LogP contribution in [-0.2, 0) is 9.53 Å². The fourth-order valence-electron chi connectivity index (χ4n) is 4.52. The number of nitrogens with one attached hydrogen (secondary N) is 1. The van der Waals surface area contributed by atoms with Crippen molar-refractivity contribution < 1.29 is 9.53 Å². The van der Waals surface area contributed by atoms with Crippen LogP contribution in [0.25, 0.3) is 0 Å². The number of carbonyl (C=O) groups is 1. The predicted molar refractivity (Wildman–Crippen MR) is 91.4 cm³/mol. The van der Waals surface area contributed by atoms with Gasteiger partial charge >= 0.3 is 0 Å². The van der Waals surface area contributed by atoms with Crippen LogP contribution in [0.1, 0.15) is 57.8 Å².